The third kappa shape index (κ3) is 4.36. The largest absolute Gasteiger partial charge is 0.325 e. The zero-order valence-electron chi connectivity index (χ0n) is 11.2. The monoisotopic (exact) mass is 345 g/mol. The zero-order chi connectivity index (χ0) is 15.4. The van der Waals surface area contributed by atoms with Crippen LogP contribution >= 0.6 is 35.0 Å². The number of benzene rings is 1. The summed E-state index contributed by atoms with van der Waals surface area (Å²) in [7, 11) is 0. The van der Waals surface area contributed by atoms with Crippen LogP contribution in [0.5, 0.6) is 0 Å². The number of carbonyl (C=O) groups is 2. The molecule has 1 heterocycles. The summed E-state index contributed by atoms with van der Waals surface area (Å²) in [6.07, 6.45) is 0.0437. The first-order valence-corrected chi connectivity index (χ1v) is 7.90. The molecule has 1 aliphatic rings. The second kappa shape index (κ2) is 7.15. The molecule has 0 aromatic heterocycles. The number of anilines is 1. The van der Waals surface area contributed by atoms with Crippen LogP contribution in [0.2, 0.25) is 10.0 Å². The van der Waals surface area contributed by atoms with Crippen molar-refractivity contribution in [1.29, 1.82) is 0 Å². The molecule has 1 aliphatic heterocycles. The van der Waals surface area contributed by atoms with Gasteiger partial charge in [0.15, 0.2) is 5.17 Å². The topological polar surface area (TPSA) is 70.6 Å². The number of amides is 2. The van der Waals surface area contributed by atoms with Gasteiger partial charge in [-0.1, -0.05) is 35.0 Å². The Morgan fingerprint density at radius 3 is 2.95 bits per heavy atom. The van der Waals surface area contributed by atoms with Crippen molar-refractivity contribution in [3.8, 4) is 0 Å². The summed E-state index contributed by atoms with van der Waals surface area (Å²) in [6.45, 7) is 2.46. The molecule has 8 heteroatoms. The van der Waals surface area contributed by atoms with Crippen LogP contribution in [0.25, 0.3) is 0 Å². The average Bonchev–Trinajstić information content (AvgIpc) is 2.74. The highest BCUT2D eigenvalue weighted by atomic mass is 35.5. The van der Waals surface area contributed by atoms with Crippen molar-refractivity contribution in [3.63, 3.8) is 0 Å². The van der Waals surface area contributed by atoms with Crippen molar-refractivity contribution < 1.29 is 9.59 Å². The third-order valence-corrected chi connectivity index (χ3v) is 4.34. The summed E-state index contributed by atoms with van der Waals surface area (Å²) in [5.41, 5.74) is 0.431. The quantitative estimate of drug-likeness (QED) is 0.881. The van der Waals surface area contributed by atoms with Gasteiger partial charge in [-0.3, -0.25) is 14.6 Å². The predicted molar refractivity (Wildman–Crippen MR) is 87.2 cm³/mol. The Kier molecular flexibility index (Phi) is 5.50. The lowest BCUT2D eigenvalue weighted by Crippen LogP contribution is -2.28. The van der Waals surface area contributed by atoms with E-state index in [1.165, 1.54) is 11.8 Å². The zero-order valence-corrected chi connectivity index (χ0v) is 13.5. The smallest absolute Gasteiger partial charge is 0.240 e. The highest BCUT2D eigenvalue weighted by Crippen LogP contribution is 2.27. The first-order valence-electron chi connectivity index (χ1n) is 6.26. The van der Waals surface area contributed by atoms with E-state index in [2.05, 4.69) is 15.6 Å². The average molecular weight is 346 g/mol. The lowest BCUT2D eigenvalue weighted by atomic mass is 10.2. The van der Waals surface area contributed by atoms with Crippen LogP contribution in [-0.2, 0) is 9.59 Å². The van der Waals surface area contributed by atoms with Crippen molar-refractivity contribution in [1.82, 2.24) is 5.32 Å². The van der Waals surface area contributed by atoms with E-state index in [1.807, 2.05) is 6.92 Å². The van der Waals surface area contributed by atoms with Gasteiger partial charge in [0, 0.05) is 18.0 Å². The minimum atomic E-state index is -0.478. The number of rotatable bonds is 4. The summed E-state index contributed by atoms with van der Waals surface area (Å²) < 4.78 is 0. The van der Waals surface area contributed by atoms with E-state index in [0.29, 0.717) is 27.4 Å². The Morgan fingerprint density at radius 2 is 2.24 bits per heavy atom. The molecule has 0 radical (unpaired) electrons. The Morgan fingerprint density at radius 1 is 1.48 bits per heavy atom. The Hall–Kier alpha value is -1.24. The van der Waals surface area contributed by atoms with Crippen molar-refractivity contribution >= 4 is 57.6 Å². The lowest BCUT2D eigenvalue weighted by molar-refractivity contribution is -0.122. The van der Waals surface area contributed by atoms with Gasteiger partial charge in [0.1, 0.15) is 5.25 Å². The molecule has 1 aromatic carbocycles. The maximum atomic E-state index is 12.0. The number of hydrogen-bond donors (Lipinski definition) is 2. The Labute approximate surface area is 136 Å². The van der Waals surface area contributed by atoms with Crippen LogP contribution in [0.3, 0.4) is 0 Å². The van der Waals surface area contributed by atoms with Gasteiger partial charge in [0.25, 0.3) is 0 Å². The van der Waals surface area contributed by atoms with E-state index in [4.69, 9.17) is 23.2 Å². The van der Waals surface area contributed by atoms with Gasteiger partial charge < -0.3 is 10.6 Å². The molecule has 1 fully saturated rings. The van der Waals surface area contributed by atoms with Crippen molar-refractivity contribution in [2.75, 3.05) is 11.9 Å². The molecule has 1 saturated heterocycles. The number of nitrogens with zero attached hydrogens (tertiary/aromatic N) is 1. The summed E-state index contributed by atoms with van der Waals surface area (Å²) in [6, 6.07) is 4.80. The molecule has 21 heavy (non-hydrogen) atoms. The van der Waals surface area contributed by atoms with Crippen molar-refractivity contribution in [2.24, 2.45) is 4.99 Å². The normalized spacial score (nSPS) is 19.7. The molecule has 0 unspecified atom stereocenters. The molecule has 2 N–H and O–H groups in total. The highest BCUT2D eigenvalue weighted by Gasteiger charge is 2.31. The first kappa shape index (κ1) is 16.1. The van der Waals surface area contributed by atoms with Crippen molar-refractivity contribution in [3.05, 3.63) is 28.2 Å². The van der Waals surface area contributed by atoms with E-state index in [-0.39, 0.29) is 18.2 Å². The summed E-state index contributed by atoms with van der Waals surface area (Å²) in [5, 5.41) is 6.24. The summed E-state index contributed by atoms with van der Waals surface area (Å²) in [5.74, 6) is -0.510. The predicted octanol–water partition coefficient (Wildman–Crippen LogP) is 2.93. The van der Waals surface area contributed by atoms with Crippen LogP contribution in [0.1, 0.15) is 13.3 Å². The summed E-state index contributed by atoms with van der Waals surface area (Å²) >= 11 is 13.1. The van der Waals surface area contributed by atoms with E-state index >= 15 is 0 Å². The second-order valence-corrected chi connectivity index (χ2v) is 6.29. The van der Waals surface area contributed by atoms with E-state index in [1.54, 1.807) is 18.2 Å². The standard InChI is InChI=1S/C13H13Cl2N3O2S/c1-2-16-13-18-12(20)10(21-13)6-11(19)17-9-5-7(14)3-4-8(9)15/h3-5,10H,2,6H2,1H3,(H,17,19)(H,16,18,20)/t10-/m1/s1. The van der Waals surface area contributed by atoms with Gasteiger partial charge in [-0.2, -0.15) is 0 Å². The first-order chi connectivity index (χ1) is 9.99. The molecule has 0 bridgehead atoms. The van der Waals surface area contributed by atoms with E-state index in [0.717, 1.165) is 0 Å². The van der Waals surface area contributed by atoms with Gasteiger partial charge in [0.2, 0.25) is 11.8 Å². The molecule has 1 atom stereocenters. The molecule has 2 amide bonds. The fourth-order valence-corrected chi connectivity index (χ4v) is 3.09. The van der Waals surface area contributed by atoms with Gasteiger partial charge >= 0.3 is 0 Å². The number of amidine groups is 1. The van der Waals surface area contributed by atoms with Crippen LogP contribution in [-0.4, -0.2) is 28.8 Å². The van der Waals surface area contributed by atoms with Gasteiger partial charge in [0.05, 0.1) is 10.7 Å². The molecule has 0 aliphatic carbocycles. The minimum Gasteiger partial charge on any atom is -0.325 e. The molecular weight excluding hydrogens is 333 g/mol. The second-order valence-electron chi connectivity index (χ2n) is 4.25. The number of hydrogen-bond acceptors (Lipinski definition) is 4. The maximum Gasteiger partial charge on any atom is 0.240 e. The minimum absolute atomic E-state index is 0.0437. The van der Waals surface area contributed by atoms with Crippen LogP contribution in [0, 0.1) is 0 Å². The lowest BCUT2D eigenvalue weighted by Gasteiger charge is -2.09. The molecule has 5 nitrogen and oxygen atoms in total. The number of halogens is 2. The molecule has 0 saturated carbocycles. The number of thioether (sulfide) groups is 1. The van der Waals surface area contributed by atoms with Crippen molar-refractivity contribution in [2.45, 2.75) is 18.6 Å². The number of nitrogens with one attached hydrogen (secondary N) is 2. The SMILES string of the molecule is CCN=C1NC(=O)[C@@H](CC(=O)Nc2cc(Cl)ccc2Cl)S1. The third-order valence-electron chi connectivity index (χ3n) is 2.65. The molecular formula is C13H13Cl2N3O2S. The number of aliphatic imine (C=N–C) groups is 1. The van der Waals surface area contributed by atoms with Gasteiger partial charge in [-0.15, -0.1) is 0 Å². The van der Waals surface area contributed by atoms with E-state index < -0.39 is 5.25 Å². The van der Waals surface area contributed by atoms with Gasteiger partial charge in [-0.25, -0.2) is 0 Å². The Bertz CT molecular complexity index is 607. The van der Waals surface area contributed by atoms with E-state index in [9.17, 15) is 9.59 Å². The van der Waals surface area contributed by atoms with Gasteiger partial charge in [-0.05, 0) is 25.1 Å². The molecule has 112 valence electrons. The number of carbonyl (C=O) groups excluding carboxylic acids is 2. The maximum absolute atomic E-state index is 12.0. The van der Waals surface area contributed by atoms with Crippen LogP contribution in [0.4, 0.5) is 5.69 Å². The Balaban J connectivity index is 1.98. The molecule has 1 aromatic rings. The van der Waals surface area contributed by atoms with Crippen LogP contribution in [0.15, 0.2) is 23.2 Å². The molecule has 2 rings (SSSR count). The fraction of sp³-hybridized carbons (Fsp3) is 0.308. The summed E-state index contributed by atoms with van der Waals surface area (Å²) in [4.78, 5) is 27.8. The molecule has 0 spiro atoms. The fourth-order valence-electron chi connectivity index (χ4n) is 1.72. The highest BCUT2D eigenvalue weighted by molar-refractivity contribution is 8.15. The van der Waals surface area contributed by atoms with Crippen LogP contribution < -0.4 is 10.6 Å².